The summed E-state index contributed by atoms with van der Waals surface area (Å²) in [7, 11) is -4.38. The third kappa shape index (κ3) is 5.22. The van der Waals surface area contributed by atoms with Crippen molar-refractivity contribution in [3.8, 4) is 0 Å². The molecule has 2 N–H and O–H groups in total. The molecule has 32 heavy (non-hydrogen) atoms. The maximum Gasteiger partial charge on any atom is 0.418 e. The van der Waals surface area contributed by atoms with Crippen LogP contribution < -0.4 is 10.0 Å². The van der Waals surface area contributed by atoms with E-state index in [0.717, 1.165) is 29.8 Å². The normalized spacial score (nSPS) is 11.8. The summed E-state index contributed by atoms with van der Waals surface area (Å²) < 4.78 is 81.4. The number of nitrogens with one attached hydrogen (secondary N) is 2. The average Bonchev–Trinajstić information content (AvgIpc) is 2.70. The zero-order chi connectivity index (χ0) is 23.7. The number of aryl methyl sites for hydroxylation is 2. The highest BCUT2D eigenvalue weighted by molar-refractivity contribution is 7.92. The Hall–Kier alpha value is -3.47. The monoisotopic (exact) mass is 467 g/mol. The van der Waals surface area contributed by atoms with Crippen molar-refractivity contribution in [2.75, 3.05) is 10.0 Å². The molecule has 0 aliphatic heterocycles. The zero-order valence-electron chi connectivity index (χ0n) is 16.8. The van der Waals surface area contributed by atoms with Crippen LogP contribution in [0.5, 0.6) is 0 Å². The summed E-state index contributed by atoms with van der Waals surface area (Å²) in [5.41, 5.74) is -0.913. The van der Waals surface area contributed by atoms with Gasteiger partial charge in [-0.15, -0.1) is 0 Å². The van der Waals surface area contributed by atoms with Crippen LogP contribution in [-0.2, 0) is 16.2 Å². The molecule has 3 aromatic rings. The van der Waals surface area contributed by atoms with E-state index in [-0.39, 0.29) is 17.1 Å². The molecule has 1 heterocycles. The van der Waals surface area contributed by atoms with E-state index in [1.165, 1.54) is 19.1 Å². The smallest absolute Gasteiger partial charge is 0.322 e. The predicted octanol–water partition coefficient (Wildman–Crippen LogP) is 4.91. The van der Waals surface area contributed by atoms with Crippen molar-refractivity contribution in [2.24, 2.45) is 0 Å². The van der Waals surface area contributed by atoms with Gasteiger partial charge in [-0.25, -0.2) is 12.8 Å². The minimum absolute atomic E-state index is 0.174. The van der Waals surface area contributed by atoms with E-state index >= 15 is 0 Å². The molecule has 0 saturated heterocycles. The van der Waals surface area contributed by atoms with Gasteiger partial charge < -0.3 is 5.32 Å². The van der Waals surface area contributed by atoms with Crippen molar-refractivity contribution in [3.63, 3.8) is 0 Å². The largest absolute Gasteiger partial charge is 0.418 e. The number of carbonyl (C=O) groups is 1. The maximum absolute atomic E-state index is 14.3. The lowest BCUT2D eigenvalue weighted by Crippen LogP contribution is -2.20. The van der Waals surface area contributed by atoms with Crippen molar-refractivity contribution in [1.29, 1.82) is 0 Å². The summed E-state index contributed by atoms with van der Waals surface area (Å²) in [4.78, 5) is 15.3. The first-order valence-corrected chi connectivity index (χ1v) is 10.6. The summed E-state index contributed by atoms with van der Waals surface area (Å²) in [6.45, 7) is 3.22. The van der Waals surface area contributed by atoms with Gasteiger partial charge >= 0.3 is 6.18 Å². The second-order valence-corrected chi connectivity index (χ2v) is 8.59. The second-order valence-electron chi connectivity index (χ2n) is 6.94. The molecule has 1 aromatic heterocycles. The van der Waals surface area contributed by atoms with Crippen LogP contribution in [0.25, 0.3) is 0 Å². The Kier molecular flexibility index (Phi) is 6.22. The summed E-state index contributed by atoms with van der Waals surface area (Å²) >= 11 is 0. The molecule has 1 amide bonds. The van der Waals surface area contributed by atoms with Crippen LogP contribution in [0.3, 0.4) is 0 Å². The van der Waals surface area contributed by atoms with Gasteiger partial charge in [-0.2, -0.15) is 13.2 Å². The number of amides is 1. The number of hydrogen-bond donors (Lipinski definition) is 2. The van der Waals surface area contributed by atoms with Gasteiger partial charge in [0.25, 0.3) is 15.9 Å². The van der Waals surface area contributed by atoms with Crippen LogP contribution in [0.2, 0.25) is 0 Å². The molecule has 0 unspecified atom stereocenters. The Morgan fingerprint density at radius 2 is 1.59 bits per heavy atom. The summed E-state index contributed by atoms with van der Waals surface area (Å²) in [5, 5.41) is 2.18. The van der Waals surface area contributed by atoms with Gasteiger partial charge in [0, 0.05) is 23.3 Å². The SMILES string of the molecule is Cc1ccc(NS(=O)(=O)c2cc(NC(=O)c3cc(C)ncc3C(F)(F)F)ccc2F)cc1. The minimum Gasteiger partial charge on any atom is -0.322 e. The van der Waals surface area contributed by atoms with Crippen LogP contribution in [0.4, 0.5) is 28.9 Å². The summed E-state index contributed by atoms with van der Waals surface area (Å²) in [6, 6.07) is 9.89. The van der Waals surface area contributed by atoms with E-state index in [4.69, 9.17) is 0 Å². The molecule has 11 heteroatoms. The van der Waals surface area contributed by atoms with Gasteiger partial charge in [-0.05, 0) is 50.2 Å². The molecule has 0 spiro atoms. The van der Waals surface area contributed by atoms with Crippen LogP contribution in [0.15, 0.2) is 59.6 Å². The molecule has 0 aliphatic carbocycles. The van der Waals surface area contributed by atoms with Gasteiger partial charge in [-0.3, -0.25) is 14.5 Å². The van der Waals surface area contributed by atoms with E-state index in [1.54, 1.807) is 19.1 Å². The number of benzene rings is 2. The molecule has 6 nitrogen and oxygen atoms in total. The number of anilines is 2. The summed E-state index contributed by atoms with van der Waals surface area (Å²) in [6.07, 6.45) is -4.29. The van der Waals surface area contributed by atoms with Crippen molar-refractivity contribution >= 4 is 27.3 Å². The lowest BCUT2D eigenvalue weighted by molar-refractivity contribution is -0.138. The highest BCUT2D eigenvalue weighted by atomic mass is 32.2. The van der Waals surface area contributed by atoms with E-state index in [0.29, 0.717) is 6.20 Å². The van der Waals surface area contributed by atoms with Crippen molar-refractivity contribution in [1.82, 2.24) is 4.98 Å². The van der Waals surface area contributed by atoms with Crippen molar-refractivity contribution in [2.45, 2.75) is 24.9 Å². The highest BCUT2D eigenvalue weighted by Crippen LogP contribution is 2.32. The first-order valence-electron chi connectivity index (χ1n) is 9.11. The third-order valence-corrected chi connectivity index (χ3v) is 5.77. The number of hydrogen-bond acceptors (Lipinski definition) is 4. The molecule has 3 rings (SSSR count). The predicted molar refractivity (Wildman–Crippen MR) is 110 cm³/mol. The van der Waals surface area contributed by atoms with E-state index < -0.39 is 43.9 Å². The van der Waals surface area contributed by atoms with Crippen LogP contribution in [0, 0.1) is 19.7 Å². The Morgan fingerprint density at radius 1 is 0.969 bits per heavy atom. The zero-order valence-corrected chi connectivity index (χ0v) is 17.6. The van der Waals surface area contributed by atoms with Gasteiger partial charge in [0.1, 0.15) is 10.7 Å². The van der Waals surface area contributed by atoms with Crippen molar-refractivity contribution < 1.29 is 30.8 Å². The Balaban J connectivity index is 1.92. The second kappa shape index (κ2) is 8.58. The van der Waals surface area contributed by atoms with E-state index in [2.05, 4.69) is 15.0 Å². The molecule has 168 valence electrons. The number of halogens is 4. The lowest BCUT2D eigenvalue weighted by atomic mass is 10.1. The number of pyridine rings is 1. The molecule has 0 fully saturated rings. The number of rotatable bonds is 5. The molecule has 2 aromatic carbocycles. The Labute approximate surface area is 181 Å². The first kappa shape index (κ1) is 23.2. The molecule has 0 bridgehead atoms. The topological polar surface area (TPSA) is 88.2 Å². The standard InChI is InChI=1S/C21H17F4N3O3S/c1-12-3-5-14(6-4-12)28-32(30,31)19-10-15(7-8-18(19)22)27-20(29)16-9-13(2)26-11-17(16)21(23,24)25/h3-11,28H,1-2H3,(H,27,29). The molecular weight excluding hydrogens is 450 g/mol. The Morgan fingerprint density at radius 3 is 2.22 bits per heavy atom. The number of alkyl halides is 3. The van der Waals surface area contributed by atoms with E-state index in [9.17, 15) is 30.8 Å². The lowest BCUT2D eigenvalue weighted by Gasteiger charge is -2.14. The van der Waals surface area contributed by atoms with Crippen LogP contribution >= 0.6 is 0 Å². The van der Waals surface area contributed by atoms with Crippen molar-refractivity contribution in [3.05, 3.63) is 82.9 Å². The third-order valence-electron chi connectivity index (χ3n) is 4.37. The number of aromatic nitrogens is 1. The number of carbonyl (C=O) groups excluding carboxylic acids is 1. The molecule has 0 radical (unpaired) electrons. The highest BCUT2D eigenvalue weighted by Gasteiger charge is 2.36. The first-order chi connectivity index (χ1) is 14.9. The maximum atomic E-state index is 14.3. The quantitative estimate of drug-likeness (QED) is 0.522. The molecule has 0 saturated carbocycles. The fraction of sp³-hybridized carbons (Fsp3) is 0.143. The number of nitrogens with zero attached hydrogens (tertiary/aromatic N) is 1. The summed E-state index contributed by atoms with van der Waals surface area (Å²) in [5.74, 6) is -2.25. The average molecular weight is 467 g/mol. The molecule has 0 aliphatic rings. The Bertz CT molecular complexity index is 1270. The van der Waals surface area contributed by atoms with E-state index in [1.807, 2.05) is 0 Å². The molecule has 0 atom stereocenters. The number of sulfonamides is 1. The van der Waals surface area contributed by atoms with Gasteiger partial charge in [0.2, 0.25) is 0 Å². The molecular formula is C21H17F4N3O3S. The van der Waals surface area contributed by atoms with Gasteiger partial charge in [0.15, 0.2) is 0 Å². The van der Waals surface area contributed by atoms with Crippen LogP contribution in [0.1, 0.15) is 27.2 Å². The fourth-order valence-corrected chi connectivity index (χ4v) is 3.95. The van der Waals surface area contributed by atoms with Gasteiger partial charge in [0.05, 0.1) is 11.1 Å². The van der Waals surface area contributed by atoms with Gasteiger partial charge in [-0.1, -0.05) is 17.7 Å². The fourth-order valence-electron chi connectivity index (χ4n) is 2.79. The minimum atomic E-state index is -4.83. The van der Waals surface area contributed by atoms with Crippen LogP contribution in [-0.4, -0.2) is 19.3 Å².